The van der Waals surface area contributed by atoms with E-state index in [0.29, 0.717) is 42.6 Å². The van der Waals surface area contributed by atoms with Gasteiger partial charge in [0.05, 0.1) is 34.4 Å². The van der Waals surface area contributed by atoms with Crippen molar-refractivity contribution in [3.05, 3.63) is 53.1 Å². The van der Waals surface area contributed by atoms with Crippen molar-refractivity contribution in [2.45, 2.75) is 24.2 Å². The van der Waals surface area contributed by atoms with Crippen LogP contribution in [0.25, 0.3) is 0 Å². The average Bonchev–Trinajstić information content (AvgIpc) is 2.81. The first-order valence-corrected chi connectivity index (χ1v) is 12.3. The number of carbonyl (C=O) groups excluding carboxylic acids is 1. The molecule has 166 valence electrons. The summed E-state index contributed by atoms with van der Waals surface area (Å²) in [5.41, 5.74) is 1.56. The van der Waals surface area contributed by atoms with Gasteiger partial charge in [-0.25, -0.2) is 8.42 Å². The van der Waals surface area contributed by atoms with Gasteiger partial charge < -0.3 is 15.0 Å². The van der Waals surface area contributed by atoms with Crippen LogP contribution in [-0.2, 0) is 14.8 Å². The molecule has 2 fully saturated rings. The van der Waals surface area contributed by atoms with Crippen LogP contribution in [0.3, 0.4) is 0 Å². The molecule has 2 aliphatic heterocycles. The second-order valence-electron chi connectivity index (χ2n) is 7.68. The molecule has 0 unspecified atom stereocenters. The highest BCUT2D eigenvalue weighted by Crippen LogP contribution is 2.30. The molecule has 2 aliphatic rings. The molecule has 0 radical (unpaired) electrons. The molecular weight excluding hydrogens is 438 g/mol. The summed E-state index contributed by atoms with van der Waals surface area (Å²) < 4.78 is 33.0. The normalized spacial score (nSPS) is 18.0. The molecule has 0 aliphatic carbocycles. The predicted molar refractivity (Wildman–Crippen MR) is 121 cm³/mol. The Bertz CT molecular complexity index is 1050. The molecule has 2 saturated heterocycles. The smallest absolute Gasteiger partial charge is 0.257 e. The van der Waals surface area contributed by atoms with E-state index in [9.17, 15) is 13.2 Å². The first kappa shape index (κ1) is 22.1. The first-order chi connectivity index (χ1) is 15.0. The number of morpholine rings is 1. The SMILES string of the molecule is O=C(Nc1ccccc1Cl)c1cc(S(=O)(=O)N2CCOCC2)ccc1N1CCCCC1. The standard InChI is InChI=1S/C22H26ClN3O4S/c23-19-6-2-3-7-20(19)24-22(27)18-16-17(31(28,29)26-12-14-30-15-13-26)8-9-21(18)25-10-4-1-5-11-25/h2-3,6-9,16H,1,4-5,10-15H2,(H,24,27). The largest absolute Gasteiger partial charge is 0.379 e. The number of anilines is 2. The first-order valence-electron chi connectivity index (χ1n) is 10.5. The lowest BCUT2D eigenvalue weighted by atomic mass is 10.1. The fourth-order valence-corrected chi connectivity index (χ4v) is 5.57. The summed E-state index contributed by atoms with van der Waals surface area (Å²) in [5.74, 6) is -0.382. The Hall–Kier alpha value is -2.13. The average molecular weight is 464 g/mol. The van der Waals surface area contributed by atoms with Crippen LogP contribution in [0.5, 0.6) is 0 Å². The maximum absolute atomic E-state index is 13.3. The van der Waals surface area contributed by atoms with Crippen LogP contribution >= 0.6 is 11.6 Å². The lowest BCUT2D eigenvalue weighted by molar-refractivity contribution is 0.0730. The minimum absolute atomic E-state index is 0.111. The third-order valence-electron chi connectivity index (χ3n) is 5.64. The molecule has 0 aromatic heterocycles. The molecule has 1 amide bonds. The van der Waals surface area contributed by atoms with E-state index in [1.165, 1.54) is 10.4 Å². The van der Waals surface area contributed by atoms with Crippen LogP contribution in [0, 0.1) is 0 Å². The Morgan fingerprint density at radius 3 is 2.39 bits per heavy atom. The van der Waals surface area contributed by atoms with Crippen LogP contribution in [-0.4, -0.2) is 58.0 Å². The number of hydrogen-bond donors (Lipinski definition) is 1. The zero-order valence-electron chi connectivity index (χ0n) is 17.2. The molecule has 2 heterocycles. The molecule has 2 aromatic carbocycles. The maximum Gasteiger partial charge on any atom is 0.257 e. The van der Waals surface area contributed by atoms with Gasteiger partial charge in [-0.2, -0.15) is 4.31 Å². The summed E-state index contributed by atoms with van der Waals surface area (Å²) in [6.45, 7) is 3.01. The van der Waals surface area contributed by atoms with Crippen molar-refractivity contribution in [3.8, 4) is 0 Å². The quantitative estimate of drug-likeness (QED) is 0.732. The topological polar surface area (TPSA) is 79.0 Å². The lowest BCUT2D eigenvalue weighted by Gasteiger charge is -2.31. The molecule has 0 saturated carbocycles. The van der Waals surface area contributed by atoms with E-state index in [0.717, 1.165) is 38.0 Å². The van der Waals surface area contributed by atoms with Gasteiger partial charge in [-0.3, -0.25) is 4.79 Å². The molecule has 9 heteroatoms. The molecule has 7 nitrogen and oxygen atoms in total. The summed E-state index contributed by atoms with van der Waals surface area (Å²) in [7, 11) is -3.72. The van der Waals surface area contributed by atoms with Gasteiger partial charge in [0.1, 0.15) is 0 Å². The molecule has 2 aromatic rings. The minimum Gasteiger partial charge on any atom is -0.379 e. The molecule has 0 bridgehead atoms. The van der Waals surface area contributed by atoms with Crippen molar-refractivity contribution in [3.63, 3.8) is 0 Å². The second-order valence-corrected chi connectivity index (χ2v) is 10.0. The molecule has 0 atom stereocenters. The summed E-state index contributed by atoms with van der Waals surface area (Å²) in [6.07, 6.45) is 3.24. The monoisotopic (exact) mass is 463 g/mol. The van der Waals surface area contributed by atoms with Gasteiger partial charge in [-0.1, -0.05) is 23.7 Å². The Balaban J connectivity index is 1.71. The maximum atomic E-state index is 13.3. The third-order valence-corrected chi connectivity index (χ3v) is 7.86. The van der Waals surface area contributed by atoms with E-state index in [1.54, 1.807) is 36.4 Å². The lowest BCUT2D eigenvalue weighted by Crippen LogP contribution is -2.40. The van der Waals surface area contributed by atoms with Crippen molar-refractivity contribution >= 4 is 38.9 Å². The number of halogens is 1. The number of benzene rings is 2. The van der Waals surface area contributed by atoms with Crippen LogP contribution in [0.2, 0.25) is 5.02 Å². The fourth-order valence-electron chi connectivity index (χ4n) is 3.96. The number of carbonyl (C=O) groups is 1. The van der Waals surface area contributed by atoms with E-state index in [-0.39, 0.29) is 10.8 Å². The van der Waals surface area contributed by atoms with Crippen LogP contribution in [0.4, 0.5) is 11.4 Å². The van der Waals surface area contributed by atoms with Gasteiger partial charge in [0.2, 0.25) is 10.0 Å². The number of amides is 1. The van der Waals surface area contributed by atoms with E-state index < -0.39 is 10.0 Å². The van der Waals surface area contributed by atoms with Crippen molar-refractivity contribution in [2.75, 3.05) is 49.6 Å². The number of ether oxygens (including phenoxy) is 1. The van der Waals surface area contributed by atoms with Gasteiger partial charge in [-0.05, 0) is 49.6 Å². The number of hydrogen-bond acceptors (Lipinski definition) is 5. The molecule has 0 spiro atoms. The van der Waals surface area contributed by atoms with Gasteiger partial charge in [-0.15, -0.1) is 0 Å². The number of para-hydroxylation sites is 1. The van der Waals surface area contributed by atoms with E-state index in [2.05, 4.69) is 10.2 Å². The fraction of sp³-hybridized carbons (Fsp3) is 0.409. The van der Waals surface area contributed by atoms with Crippen LogP contribution in [0.1, 0.15) is 29.6 Å². The Kier molecular flexibility index (Phi) is 6.81. The molecule has 1 N–H and O–H groups in total. The van der Waals surface area contributed by atoms with Crippen molar-refractivity contribution in [2.24, 2.45) is 0 Å². The minimum atomic E-state index is -3.72. The summed E-state index contributed by atoms with van der Waals surface area (Å²) in [5, 5.41) is 3.26. The van der Waals surface area contributed by atoms with E-state index >= 15 is 0 Å². The molecular formula is C22H26ClN3O4S. The molecule has 31 heavy (non-hydrogen) atoms. The Morgan fingerprint density at radius 2 is 1.68 bits per heavy atom. The number of sulfonamides is 1. The second kappa shape index (κ2) is 9.56. The van der Waals surface area contributed by atoms with E-state index in [1.807, 2.05) is 0 Å². The van der Waals surface area contributed by atoms with Crippen LogP contribution < -0.4 is 10.2 Å². The highest BCUT2D eigenvalue weighted by atomic mass is 35.5. The number of nitrogens with one attached hydrogen (secondary N) is 1. The highest BCUT2D eigenvalue weighted by Gasteiger charge is 2.29. The van der Waals surface area contributed by atoms with Crippen molar-refractivity contribution in [1.82, 2.24) is 4.31 Å². The zero-order valence-corrected chi connectivity index (χ0v) is 18.8. The summed E-state index contributed by atoms with van der Waals surface area (Å²) >= 11 is 6.21. The van der Waals surface area contributed by atoms with Gasteiger partial charge in [0.15, 0.2) is 0 Å². The van der Waals surface area contributed by atoms with Gasteiger partial charge in [0, 0.05) is 31.9 Å². The number of piperidine rings is 1. The Labute approximate surface area is 188 Å². The van der Waals surface area contributed by atoms with Crippen molar-refractivity contribution in [1.29, 1.82) is 0 Å². The van der Waals surface area contributed by atoms with E-state index in [4.69, 9.17) is 16.3 Å². The number of rotatable bonds is 5. The highest BCUT2D eigenvalue weighted by molar-refractivity contribution is 7.89. The summed E-state index contributed by atoms with van der Waals surface area (Å²) in [6, 6.07) is 11.8. The Morgan fingerprint density at radius 1 is 0.968 bits per heavy atom. The molecule has 4 rings (SSSR count). The summed E-state index contributed by atoms with van der Waals surface area (Å²) in [4.78, 5) is 15.5. The number of nitrogens with zero attached hydrogens (tertiary/aromatic N) is 2. The zero-order chi connectivity index (χ0) is 21.8. The van der Waals surface area contributed by atoms with Crippen molar-refractivity contribution < 1.29 is 17.9 Å². The van der Waals surface area contributed by atoms with Gasteiger partial charge >= 0.3 is 0 Å². The van der Waals surface area contributed by atoms with Crippen LogP contribution in [0.15, 0.2) is 47.4 Å². The predicted octanol–water partition coefficient (Wildman–Crippen LogP) is 3.60. The third kappa shape index (κ3) is 4.87. The van der Waals surface area contributed by atoms with Gasteiger partial charge in [0.25, 0.3) is 5.91 Å².